The molecule has 0 saturated heterocycles. The van der Waals surface area contributed by atoms with Crippen LogP contribution in [0.1, 0.15) is 16.8 Å². The van der Waals surface area contributed by atoms with Crippen molar-refractivity contribution in [1.29, 1.82) is 0 Å². The third-order valence-electron chi connectivity index (χ3n) is 4.29. The number of nitrogen functional groups attached to an aromatic ring is 1. The lowest BCUT2D eigenvalue weighted by molar-refractivity contribution is 0.243. The zero-order valence-corrected chi connectivity index (χ0v) is 13.2. The fourth-order valence-corrected chi connectivity index (χ4v) is 3.33. The van der Waals surface area contributed by atoms with Gasteiger partial charge in [0.1, 0.15) is 0 Å². The van der Waals surface area contributed by atoms with Crippen molar-refractivity contribution in [2.24, 2.45) is 0 Å². The Kier molecular flexibility index (Phi) is 3.36. The first kappa shape index (κ1) is 14.3. The summed E-state index contributed by atoms with van der Waals surface area (Å²) in [6, 6.07) is 5.82. The topological polar surface area (TPSA) is 90.8 Å². The number of nitrogens with one attached hydrogen (secondary N) is 2. The molecule has 0 aliphatic carbocycles. The maximum absolute atomic E-state index is 12.1. The van der Waals surface area contributed by atoms with Crippen LogP contribution < -0.4 is 11.3 Å². The van der Waals surface area contributed by atoms with Crippen LogP contribution in [0.25, 0.3) is 10.9 Å². The van der Waals surface area contributed by atoms with Crippen molar-refractivity contribution in [3.63, 3.8) is 0 Å². The minimum absolute atomic E-state index is 0.140. The molecule has 4 rings (SSSR count). The van der Waals surface area contributed by atoms with Gasteiger partial charge >= 0.3 is 0 Å². The van der Waals surface area contributed by atoms with Crippen LogP contribution in [0.4, 0.5) is 5.95 Å². The van der Waals surface area contributed by atoms with Gasteiger partial charge in [0.05, 0.1) is 11.3 Å². The first-order chi connectivity index (χ1) is 11.1. The minimum atomic E-state index is -0.140. The first-order valence-electron chi connectivity index (χ1n) is 7.45. The van der Waals surface area contributed by atoms with Gasteiger partial charge in [-0.05, 0) is 23.8 Å². The molecule has 3 aromatic rings. The van der Waals surface area contributed by atoms with E-state index < -0.39 is 0 Å². The average Bonchev–Trinajstić information content (AvgIpc) is 2.90. The van der Waals surface area contributed by atoms with E-state index in [0.717, 1.165) is 41.1 Å². The van der Waals surface area contributed by atoms with Gasteiger partial charge in [-0.25, -0.2) is 4.98 Å². The summed E-state index contributed by atoms with van der Waals surface area (Å²) in [5, 5.41) is 1.84. The fourth-order valence-electron chi connectivity index (χ4n) is 3.16. The van der Waals surface area contributed by atoms with Crippen LogP contribution in [-0.2, 0) is 19.5 Å². The third kappa shape index (κ3) is 2.60. The molecule has 6 nitrogen and oxygen atoms in total. The van der Waals surface area contributed by atoms with E-state index in [1.54, 1.807) is 0 Å². The van der Waals surface area contributed by atoms with Gasteiger partial charge in [0.25, 0.3) is 5.56 Å². The van der Waals surface area contributed by atoms with E-state index in [1.165, 1.54) is 5.56 Å². The molecule has 0 saturated carbocycles. The van der Waals surface area contributed by atoms with Gasteiger partial charge in [-0.15, -0.1) is 0 Å². The molecule has 4 N–H and O–H groups in total. The number of H-pyrrole nitrogens is 2. The molecule has 1 aliphatic rings. The molecular formula is C16H16ClN5O. The molecule has 0 fully saturated rings. The predicted octanol–water partition coefficient (Wildman–Crippen LogP) is 2.05. The van der Waals surface area contributed by atoms with Crippen molar-refractivity contribution in [3.05, 3.63) is 56.6 Å². The molecule has 118 valence electrons. The summed E-state index contributed by atoms with van der Waals surface area (Å²) in [6.07, 6.45) is 2.73. The average molecular weight is 330 g/mol. The number of nitrogens with zero attached hydrogens (tertiary/aromatic N) is 2. The van der Waals surface area contributed by atoms with Crippen LogP contribution in [0, 0.1) is 0 Å². The van der Waals surface area contributed by atoms with Crippen LogP contribution in [0.3, 0.4) is 0 Å². The van der Waals surface area contributed by atoms with Crippen molar-refractivity contribution in [2.45, 2.75) is 19.5 Å². The zero-order valence-electron chi connectivity index (χ0n) is 12.4. The van der Waals surface area contributed by atoms with Crippen molar-refractivity contribution in [3.8, 4) is 0 Å². The maximum Gasteiger partial charge on any atom is 0.257 e. The summed E-state index contributed by atoms with van der Waals surface area (Å²) in [5.74, 6) is 0.188. The number of halogens is 1. The normalized spacial score (nSPS) is 15.0. The molecule has 0 bridgehead atoms. The molecule has 0 unspecified atom stereocenters. The number of rotatable bonds is 2. The molecule has 0 atom stereocenters. The van der Waals surface area contributed by atoms with E-state index in [1.807, 2.05) is 24.4 Å². The summed E-state index contributed by atoms with van der Waals surface area (Å²) in [6.45, 7) is 2.17. The maximum atomic E-state index is 12.1. The summed E-state index contributed by atoms with van der Waals surface area (Å²) in [5.41, 5.74) is 9.22. The zero-order chi connectivity index (χ0) is 16.0. The first-order valence-corrected chi connectivity index (χ1v) is 7.83. The van der Waals surface area contributed by atoms with Crippen LogP contribution in [0.5, 0.6) is 0 Å². The van der Waals surface area contributed by atoms with Crippen molar-refractivity contribution in [1.82, 2.24) is 19.9 Å². The Morgan fingerprint density at radius 3 is 3.13 bits per heavy atom. The molecule has 2 aromatic heterocycles. The molecule has 1 aromatic carbocycles. The van der Waals surface area contributed by atoms with Gasteiger partial charge < -0.3 is 10.7 Å². The number of aromatic amines is 2. The number of anilines is 1. The summed E-state index contributed by atoms with van der Waals surface area (Å²) in [4.78, 5) is 24.4. The molecular weight excluding hydrogens is 314 g/mol. The molecule has 0 radical (unpaired) electrons. The highest BCUT2D eigenvalue weighted by Gasteiger charge is 2.21. The second-order valence-electron chi connectivity index (χ2n) is 5.84. The Morgan fingerprint density at radius 1 is 1.39 bits per heavy atom. The minimum Gasteiger partial charge on any atom is -0.369 e. The number of fused-ring (bicyclic) bond motifs is 2. The van der Waals surface area contributed by atoms with Crippen LogP contribution in [0.2, 0.25) is 5.02 Å². The molecule has 0 spiro atoms. The van der Waals surface area contributed by atoms with Crippen molar-refractivity contribution < 1.29 is 0 Å². The molecule has 23 heavy (non-hydrogen) atoms. The van der Waals surface area contributed by atoms with Crippen molar-refractivity contribution in [2.75, 3.05) is 12.3 Å². The molecule has 3 heterocycles. The fraction of sp³-hybridized carbons (Fsp3) is 0.250. The molecule has 0 amide bonds. The number of hydrogen-bond donors (Lipinski definition) is 3. The number of nitrogens with two attached hydrogens (primary N) is 1. The van der Waals surface area contributed by atoms with Gasteiger partial charge in [-0.2, -0.15) is 0 Å². The smallest absolute Gasteiger partial charge is 0.257 e. The van der Waals surface area contributed by atoms with Gasteiger partial charge in [-0.1, -0.05) is 11.6 Å². The Bertz CT molecular complexity index is 945. The lowest BCUT2D eigenvalue weighted by Gasteiger charge is -2.27. The third-order valence-corrected chi connectivity index (χ3v) is 4.52. The summed E-state index contributed by atoms with van der Waals surface area (Å²) >= 11 is 6.10. The van der Waals surface area contributed by atoms with E-state index in [2.05, 4.69) is 19.9 Å². The number of hydrogen-bond acceptors (Lipinski definition) is 4. The molecule has 1 aliphatic heterocycles. The summed E-state index contributed by atoms with van der Waals surface area (Å²) < 4.78 is 0. The van der Waals surface area contributed by atoms with Gasteiger partial charge in [-0.3, -0.25) is 14.7 Å². The van der Waals surface area contributed by atoms with Gasteiger partial charge in [0, 0.05) is 48.2 Å². The van der Waals surface area contributed by atoms with E-state index in [4.69, 9.17) is 17.3 Å². The Morgan fingerprint density at radius 2 is 2.26 bits per heavy atom. The highest BCUT2D eigenvalue weighted by Crippen LogP contribution is 2.25. The monoisotopic (exact) mass is 329 g/mol. The quantitative estimate of drug-likeness (QED) is 0.671. The Hall–Kier alpha value is -2.31. The SMILES string of the molecule is Nc1nc2c(c(=O)[nH]1)CN(Cc1c[nH]c3ccc(Cl)cc13)CC2. The van der Waals surface area contributed by atoms with Crippen LogP contribution in [-0.4, -0.2) is 26.4 Å². The van der Waals surface area contributed by atoms with E-state index >= 15 is 0 Å². The Labute approximate surface area is 137 Å². The van der Waals surface area contributed by atoms with E-state index in [-0.39, 0.29) is 11.5 Å². The predicted molar refractivity (Wildman–Crippen MR) is 90.4 cm³/mol. The second-order valence-corrected chi connectivity index (χ2v) is 6.28. The highest BCUT2D eigenvalue weighted by molar-refractivity contribution is 6.31. The second kappa shape index (κ2) is 5.40. The van der Waals surface area contributed by atoms with E-state index in [0.29, 0.717) is 12.1 Å². The Balaban J connectivity index is 1.62. The number of benzene rings is 1. The largest absolute Gasteiger partial charge is 0.369 e. The number of aromatic nitrogens is 3. The van der Waals surface area contributed by atoms with Crippen LogP contribution >= 0.6 is 11.6 Å². The lowest BCUT2D eigenvalue weighted by Crippen LogP contribution is -2.35. The van der Waals surface area contributed by atoms with Crippen molar-refractivity contribution >= 4 is 28.5 Å². The van der Waals surface area contributed by atoms with E-state index in [9.17, 15) is 4.79 Å². The summed E-state index contributed by atoms with van der Waals surface area (Å²) in [7, 11) is 0. The van der Waals surface area contributed by atoms with Gasteiger partial charge in [0.15, 0.2) is 0 Å². The standard InChI is InChI=1S/C16H16ClN5O/c17-10-1-2-13-11(5-10)9(6-19-13)7-22-4-3-14-12(8-22)15(23)21-16(18)20-14/h1-2,5-6,19H,3-4,7-8H2,(H3,18,20,21,23). The van der Waals surface area contributed by atoms with Crippen LogP contribution in [0.15, 0.2) is 29.2 Å². The van der Waals surface area contributed by atoms with Gasteiger partial charge in [0.2, 0.25) is 5.95 Å². The highest BCUT2D eigenvalue weighted by atomic mass is 35.5. The molecule has 7 heteroatoms. The lowest BCUT2D eigenvalue weighted by atomic mass is 10.1.